The Morgan fingerprint density at radius 3 is 0.949 bits per heavy atom. The molecule has 4 N–H and O–H groups in total. The number of methoxy groups -OCH3 is 3. The molecule has 8 fully saturated rings. The number of Topliss-reactive ketones (excluding diaryl/α,β-unsaturated/α-hetero) is 2. The van der Waals surface area contributed by atoms with Crippen LogP contribution in [0.2, 0.25) is 0 Å². The zero-order chi connectivity index (χ0) is 59.2. The molecule has 442 valence electrons. The highest BCUT2D eigenvalue weighted by Gasteiger charge is 2.71. The first-order valence-corrected chi connectivity index (χ1v) is 29.2. The maximum Gasteiger partial charge on any atom is 0.165 e. The van der Waals surface area contributed by atoms with Crippen LogP contribution >= 0.6 is 15.9 Å². The molecule has 4 saturated carbocycles. The van der Waals surface area contributed by atoms with Crippen molar-refractivity contribution < 1.29 is 63.2 Å². The summed E-state index contributed by atoms with van der Waals surface area (Å²) >= 11 is 3.63. The predicted octanol–water partition coefficient (Wildman–Crippen LogP) is 11.4. The molecule has 12 atom stereocenters. The highest BCUT2D eigenvalue weighted by Crippen LogP contribution is 2.57. The van der Waals surface area contributed by atoms with Crippen molar-refractivity contribution in [2.24, 2.45) is 0 Å². The van der Waals surface area contributed by atoms with Gasteiger partial charge in [-0.05, 0) is 175 Å². The van der Waals surface area contributed by atoms with Crippen LogP contribution in [0.15, 0.2) is 117 Å². The second-order valence-corrected chi connectivity index (χ2v) is 25.2. The molecule has 0 bridgehead atoms. The van der Waals surface area contributed by atoms with E-state index in [9.17, 15) is 30.0 Å². The molecule has 4 aliphatic heterocycles. The van der Waals surface area contributed by atoms with Gasteiger partial charge >= 0.3 is 0 Å². The molecule has 13 nitrogen and oxygen atoms in total. The van der Waals surface area contributed by atoms with Gasteiger partial charge in [0.05, 0.1) is 31.3 Å². The maximum absolute atomic E-state index is 12.1. The Morgan fingerprint density at radius 1 is 0.443 bits per heavy atom. The summed E-state index contributed by atoms with van der Waals surface area (Å²) in [5.74, 6) is -0.0998. The van der Waals surface area contributed by atoms with Gasteiger partial charge in [0.15, 0.2) is 23.8 Å². The third-order valence-electron chi connectivity index (χ3n) is 17.7. The second kappa shape index (κ2) is 26.6. The van der Waals surface area contributed by atoms with Crippen LogP contribution in [0.4, 0.5) is 0 Å². The van der Waals surface area contributed by atoms with E-state index in [1.54, 1.807) is 7.11 Å². The Balaban J connectivity index is 0.000000194. The van der Waals surface area contributed by atoms with Crippen molar-refractivity contribution in [3.63, 3.8) is 0 Å². The van der Waals surface area contributed by atoms with Gasteiger partial charge in [-0.3, -0.25) is 9.59 Å². The monoisotopic (exact) mass is 1160 g/mol. The number of hydrogen-bond acceptors (Lipinski definition) is 13. The zero-order valence-corrected chi connectivity index (χ0v) is 52.1. The van der Waals surface area contributed by atoms with Gasteiger partial charge in [-0.15, -0.1) is 0 Å². The third-order valence-corrected chi connectivity index (χ3v) is 19.0. The molecule has 4 saturated heterocycles. The number of allylic oxidation sites excluding steroid dienone is 12. The van der Waals surface area contributed by atoms with Crippen LogP contribution in [0, 0.1) is 0 Å². The Bertz CT molecular complexity index is 2290. The van der Waals surface area contributed by atoms with E-state index in [4.69, 9.17) is 33.2 Å². The van der Waals surface area contributed by atoms with E-state index >= 15 is 0 Å². The molecule has 4 spiro atoms. The van der Waals surface area contributed by atoms with Crippen molar-refractivity contribution >= 4 is 27.5 Å². The number of halogens is 1. The van der Waals surface area contributed by atoms with Crippen LogP contribution in [0.25, 0.3) is 0 Å². The van der Waals surface area contributed by atoms with Crippen LogP contribution < -0.4 is 0 Å². The fraction of sp³-hybridized carbons (Fsp3) is 0.662. The molecule has 10 unspecified atom stereocenters. The number of aliphatic hydroxyl groups is 4. The van der Waals surface area contributed by atoms with Crippen molar-refractivity contribution in [1.82, 2.24) is 0 Å². The lowest BCUT2D eigenvalue weighted by atomic mass is 9.67. The van der Waals surface area contributed by atoms with Crippen LogP contribution in [0.3, 0.4) is 0 Å². The van der Waals surface area contributed by atoms with Gasteiger partial charge in [0.2, 0.25) is 0 Å². The standard InChI is InChI=1S/C17H26O3.C16H23BrO2.2C16H24O4/c1-12(2)7-6-8-14(4)17(18)15(19-5)13(3)9-10-16(17)11-20-16;1-11(2)6-5-7-13(4)16(18)14(17)12(3)8-9-15(16)10-19-15;2*1-11(2)6-5-7-12(3)16(18)14(19-4)13(17)8-9-15(16)10-20-15/h7-8,15,18H,3,6,9-11H2,1-2,4-5H3;6-7,14,18H,3,5,8-10H2,1-2,4H3;2*6-7,14,18H,5,8-10H2,1-4H3/b14-8+;13-7+;2*12-7+/t15?,16?,17-;14?,15?,16-;;/m11../s1. The van der Waals surface area contributed by atoms with Gasteiger partial charge in [-0.25, -0.2) is 0 Å². The summed E-state index contributed by atoms with van der Waals surface area (Å²) in [4.78, 5) is 24.0. The molecule has 4 heterocycles. The summed E-state index contributed by atoms with van der Waals surface area (Å²) in [6.45, 7) is 34.5. The number of hydrogen-bond donors (Lipinski definition) is 4. The molecule has 8 rings (SSSR count). The lowest BCUT2D eigenvalue weighted by molar-refractivity contribution is -0.163. The van der Waals surface area contributed by atoms with Crippen LogP contribution in [0.1, 0.15) is 160 Å². The lowest BCUT2D eigenvalue weighted by Gasteiger charge is -2.45. The smallest absolute Gasteiger partial charge is 0.165 e. The van der Waals surface area contributed by atoms with E-state index in [1.807, 2.05) is 67.5 Å². The first-order chi connectivity index (χ1) is 36.9. The molecule has 0 radical (unpaired) electrons. The van der Waals surface area contributed by atoms with E-state index in [-0.39, 0.29) is 22.5 Å². The number of carbonyl (C=O) groups is 2. The van der Waals surface area contributed by atoms with Gasteiger partial charge in [0.25, 0.3) is 0 Å². The fourth-order valence-corrected chi connectivity index (χ4v) is 13.2. The Labute approximate surface area is 481 Å². The average Bonchev–Trinajstić information content (AvgIpc) is 4.30. The van der Waals surface area contributed by atoms with Gasteiger partial charge in [0, 0.05) is 34.2 Å². The number of ether oxygens (including phenoxy) is 7. The lowest BCUT2D eigenvalue weighted by Crippen LogP contribution is -2.62. The van der Waals surface area contributed by atoms with Crippen LogP contribution in [-0.2, 0) is 42.7 Å². The highest BCUT2D eigenvalue weighted by molar-refractivity contribution is 9.09. The van der Waals surface area contributed by atoms with Gasteiger partial charge in [-0.1, -0.05) is 106 Å². The Morgan fingerprint density at radius 2 is 0.684 bits per heavy atom. The maximum atomic E-state index is 12.1. The summed E-state index contributed by atoms with van der Waals surface area (Å²) in [6, 6.07) is 0. The van der Waals surface area contributed by atoms with Crippen molar-refractivity contribution in [3.8, 4) is 0 Å². The number of carbonyl (C=O) groups excluding carboxylic acids is 2. The zero-order valence-electron chi connectivity index (χ0n) is 50.5. The van der Waals surface area contributed by atoms with Crippen molar-refractivity contribution in [1.29, 1.82) is 0 Å². The molecular weight excluding hydrogens is 1070 g/mol. The van der Waals surface area contributed by atoms with Gasteiger partial charge in [0.1, 0.15) is 50.9 Å². The Kier molecular flexibility index (Phi) is 22.4. The minimum Gasteiger partial charge on any atom is -0.381 e. The molecule has 0 aromatic carbocycles. The molecule has 14 heteroatoms. The highest BCUT2D eigenvalue weighted by atomic mass is 79.9. The minimum absolute atomic E-state index is 0.0499. The van der Waals surface area contributed by atoms with E-state index in [0.717, 1.165) is 84.8 Å². The first-order valence-electron chi connectivity index (χ1n) is 28.3. The third kappa shape index (κ3) is 13.6. The molecule has 0 amide bonds. The normalized spacial score (nSPS) is 37.5. The molecular formula is C65H97BrO13. The van der Waals surface area contributed by atoms with E-state index in [2.05, 4.69) is 93.2 Å². The quantitative estimate of drug-likeness (QED) is 0.0688. The molecule has 8 aliphatic rings. The summed E-state index contributed by atoms with van der Waals surface area (Å²) < 4.78 is 38.6. The number of rotatable bonds is 15. The number of ketones is 2. The minimum atomic E-state index is -1.34. The summed E-state index contributed by atoms with van der Waals surface area (Å²) in [5.41, 5.74) is 3.56. The van der Waals surface area contributed by atoms with Gasteiger partial charge in [-0.2, -0.15) is 0 Å². The van der Waals surface area contributed by atoms with Crippen LogP contribution in [0.5, 0.6) is 0 Å². The largest absolute Gasteiger partial charge is 0.381 e. The van der Waals surface area contributed by atoms with Crippen molar-refractivity contribution in [2.45, 2.75) is 228 Å². The van der Waals surface area contributed by atoms with Crippen molar-refractivity contribution in [2.75, 3.05) is 47.8 Å². The van der Waals surface area contributed by atoms with E-state index in [1.165, 1.54) is 36.5 Å². The fourth-order valence-electron chi connectivity index (χ4n) is 12.2. The molecule has 0 aromatic rings. The molecule has 79 heavy (non-hydrogen) atoms. The first kappa shape index (κ1) is 66.6. The van der Waals surface area contributed by atoms with Crippen LogP contribution in [-0.4, -0.2) is 148 Å². The second-order valence-electron chi connectivity index (χ2n) is 24.3. The summed E-state index contributed by atoms with van der Waals surface area (Å²) in [6.07, 6.45) is 23.0. The SMILES string of the molecule is C=C1CCC2(CO2)[C@@](O)(/C(C)=C/CC=C(C)C)C1Br.C=C1CCC2(CO2)[C@@](O)(/C(C)=C/CC=C(C)C)C1OC.COC1C(=O)CCC2(CO2)C1(O)/C(C)=C/CC=C(C)C.COC1C(=O)CCC2(CO2)C1(O)/C(C)=C/CC=C(C)C. The average molecular weight is 1170 g/mol. The van der Waals surface area contributed by atoms with E-state index < -0.39 is 57.0 Å². The Hall–Kier alpha value is -3.22. The van der Waals surface area contributed by atoms with E-state index in [0.29, 0.717) is 52.1 Å². The predicted molar refractivity (Wildman–Crippen MR) is 316 cm³/mol. The van der Waals surface area contributed by atoms with Gasteiger partial charge < -0.3 is 53.6 Å². The van der Waals surface area contributed by atoms with Crippen molar-refractivity contribution in [3.05, 3.63) is 117 Å². The number of epoxide rings is 4. The number of alkyl halides is 1. The molecule has 4 aliphatic carbocycles. The topological polar surface area (TPSA) is 193 Å². The summed E-state index contributed by atoms with van der Waals surface area (Å²) in [5, 5.41) is 44.9. The summed E-state index contributed by atoms with van der Waals surface area (Å²) in [7, 11) is 4.57. The molecule has 0 aromatic heterocycles.